The van der Waals surface area contributed by atoms with Crippen molar-refractivity contribution in [1.82, 2.24) is 4.98 Å². The first-order valence-electron chi connectivity index (χ1n) is 5.92. The van der Waals surface area contributed by atoms with Crippen LogP contribution in [0.1, 0.15) is 6.92 Å². The third-order valence-corrected chi connectivity index (χ3v) is 3.23. The van der Waals surface area contributed by atoms with Crippen LogP contribution in [0, 0.1) is 10.1 Å². The van der Waals surface area contributed by atoms with Gasteiger partial charge in [-0.3, -0.25) is 10.1 Å². The molecule has 19 heavy (non-hydrogen) atoms. The molecule has 0 bridgehead atoms. The quantitative estimate of drug-likeness (QED) is 0.672. The maximum atomic E-state index is 11.0. The number of hydrogen-bond donors (Lipinski definition) is 1. The highest BCUT2D eigenvalue weighted by atomic mass is 16.6. The van der Waals surface area contributed by atoms with E-state index in [1.165, 1.54) is 12.3 Å². The Hall–Kier alpha value is -2.21. The van der Waals surface area contributed by atoms with Gasteiger partial charge < -0.3 is 10.0 Å². The van der Waals surface area contributed by atoms with Gasteiger partial charge in [0.2, 0.25) is 0 Å². The zero-order chi connectivity index (χ0) is 14.0. The standard InChI is InChI=1S/C13H15N3O3/c1-9(8-17)15(2)11-5-6-12(16(18)19)13-10(11)4-3-7-14-13/h3-7,9,17H,8H2,1-2H3. The molecule has 2 rings (SSSR count). The summed E-state index contributed by atoms with van der Waals surface area (Å²) in [5.74, 6) is 0. The normalized spacial score (nSPS) is 12.4. The van der Waals surface area contributed by atoms with Crippen LogP contribution in [-0.4, -0.2) is 34.7 Å². The number of aromatic nitrogens is 1. The monoisotopic (exact) mass is 261 g/mol. The lowest BCUT2D eigenvalue weighted by atomic mass is 10.1. The van der Waals surface area contributed by atoms with Crippen LogP contribution in [0.4, 0.5) is 11.4 Å². The van der Waals surface area contributed by atoms with Crippen molar-refractivity contribution in [3.8, 4) is 0 Å². The number of nitro benzene ring substituents is 1. The zero-order valence-corrected chi connectivity index (χ0v) is 10.8. The molecule has 6 heteroatoms. The number of likely N-dealkylation sites (N-methyl/N-ethyl adjacent to an activating group) is 1. The Morgan fingerprint density at radius 1 is 1.47 bits per heavy atom. The lowest BCUT2D eigenvalue weighted by molar-refractivity contribution is -0.383. The smallest absolute Gasteiger partial charge is 0.295 e. The summed E-state index contributed by atoms with van der Waals surface area (Å²) in [6, 6.07) is 6.60. The molecule has 0 saturated heterocycles. The molecular formula is C13H15N3O3. The molecule has 1 aromatic heterocycles. The summed E-state index contributed by atoms with van der Waals surface area (Å²) in [7, 11) is 1.84. The van der Waals surface area contributed by atoms with E-state index in [-0.39, 0.29) is 18.3 Å². The van der Waals surface area contributed by atoms with Gasteiger partial charge in [-0.2, -0.15) is 0 Å². The van der Waals surface area contributed by atoms with E-state index >= 15 is 0 Å². The molecule has 2 aromatic rings. The fourth-order valence-electron chi connectivity index (χ4n) is 1.96. The SMILES string of the molecule is CC(CO)N(C)c1ccc([N+](=O)[O-])c2ncccc12. The van der Waals surface area contributed by atoms with Crippen LogP contribution in [-0.2, 0) is 0 Å². The van der Waals surface area contributed by atoms with Gasteiger partial charge in [0.05, 0.1) is 11.5 Å². The molecule has 1 aromatic carbocycles. The summed E-state index contributed by atoms with van der Waals surface area (Å²) in [5, 5.41) is 20.9. The van der Waals surface area contributed by atoms with E-state index in [0.717, 1.165) is 5.69 Å². The molecule has 0 fully saturated rings. The minimum atomic E-state index is -0.436. The predicted molar refractivity (Wildman–Crippen MR) is 73.3 cm³/mol. The fourth-order valence-corrected chi connectivity index (χ4v) is 1.96. The molecule has 1 atom stereocenters. The first-order valence-corrected chi connectivity index (χ1v) is 5.92. The molecule has 0 radical (unpaired) electrons. The number of aliphatic hydroxyl groups excluding tert-OH is 1. The van der Waals surface area contributed by atoms with Gasteiger partial charge in [-0.15, -0.1) is 0 Å². The van der Waals surface area contributed by atoms with Crippen LogP contribution in [0.5, 0.6) is 0 Å². The summed E-state index contributed by atoms with van der Waals surface area (Å²) in [4.78, 5) is 16.5. The van der Waals surface area contributed by atoms with Gasteiger partial charge in [-0.05, 0) is 25.1 Å². The third-order valence-electron chi connectivity index (χ3n) is 3.23. The van der Waals surface area contributed by atoms with E-state index in [2.05, 4.69) is 4.98 Å². The van der Waals surface area contributed by atoms with E-state index in [0.29, 0.717) is 10.9 Å². The zero-order valence-electron chi connectivity index (χ0n) is 10.8. The van der Waals surface area contributed by atoms with Crippen molar-refractivity contribution in [2.45, 2.75) is 13.0 Å². The Kier molecular flexibility index (Phi) is 3.62. The minimum absolute atomic E-state index is 0.00917. The molecule has 6 nitrogen and oxygen atoms in total. The second-order valence-electron chi connectivity index (χ2n) is 4.40. The lowest BCUT2D eigenvalue weighted by Gasteiger charge is -2.26. The van der Waals surface area contributed by atoms with Crippen LogP contribution in [0.2, 0.25) is 0 Å². The number of non-ortho nitro benzene ring substituents is 1. The number of aliphatic hydroxyl groups is 1. The number of nitrogens with zero attached hydrogens (tertiary/aromatic N) is 3. The topological polar surface area (TPSA) is 79.5 Å². The van der Waals surface area contributed by atoms with Gasteiger partial charge in [-0.25, -0.2) is 4.98 Å². The Morgan fingerprint density at radius 2 is 2.21 bits per heavy atom. The lowest BCUT2D eigenvalue weighted by Crippen LogP contribution is -2.31. The number of pyridine rings is 1. The summed E-state index contributed by atoms with van der Waals surface area (Å²) in [6.07, 6.45) is 1.54. The molecule has 0 spiro atoms. The molecule has 1 heterocycles. The average Bonchev–Trinajstić information content (AvgIpc) is 2.44. The van der Waals surface area contributed by atoms with Gasteiger partial charge in [0.25, 0.3) is 5.69 Å². The first kappa shape index (κ1) is 13.2. The van der Waals surface area contributed by atoms with Gasteiger partial charge >= 0.3 is 0 Å². The molecule has 1 unspecified atom stereocenters. The van der Waals surface area contributed by atoms with E-state index < -0.39 is 4.92 Å². The minimum Gasteiger partial charge on any atom is -0.394 e. The average molecular weight is 261 g/mol. The molecule has 0 aliphatic heterocycles. The summed E-state index contributed by atoms with van der Waals surface area (Å²) >= 11 is 0. The molecule has 0 amide bonds. The van der Waals surface area contributed by atoms with Crippen LogP contribution in [0.3, 0.4) is 0 Å². The third kappa shape index (κ3) is 2.34. The molecule has 0 saturated carbocycles. The van der Waals surface area contributed by atoms with Crippen molar-refractivity contribution < 1.29 is 10.0 Å². The molecule has 100 valence electrons. The van der Waals surface area contributed by atoms with Crippen molar-refractivity contribution in [3.05, 3.63) is 40.6 Å². The van der Waals surface area contributed by atoms with E-state index in [4.69, 9.17) is 0 Å². The number of anilines is 1. The number of benzene rings is 1. The van der Waals surface area contributed by atoms with Gasteiger partial charge in [0.1, 0.15) is 5.52 Å². The maximum Gasteiger partial charge on any atom is 0.295 e. The molecule has 0 aliphatic rings. The highest BCUT2D eigenvalue weighted by molar-refractivity contribution is 5.97. The largest absolute Gasteiger partial charge is 0.394 e. The Bertz CT molecular complexity index is 615. The number of rotatable bonds is 4. The van der Waals surface area contributed by atoms with E-state index in [1.54, 1.807) is 18.2 Å². The highest BCUT2D eigenvalue weighted by Crippen LogP contribution is 2.32. The predicted octanol–water partition coefficient (Wildman–Crippen LogP) is 1.96. The van der Waals surface area contributed by atoms with Crippen molar-refractivity contribution >= 4 is 22.3 Å². The second kappa shape index (κ2) is 5.19. The van der Waals surface area contributed by atoms with Crippen LogP contribution in [0.15, 0.2) is 30.5 Å². The summed E-state index contributed by atoms with van der Waals surface area (Å²) in [6.45, 7) is 1.89. The van der Waals surface area contributed by atoms with Gasteiger partial charge in [-0.1, -0.05) is 0 Å². The fraction of sp³-hybridized carbons (Fsp3) is 0.308. The first-order chi connectivity index (χ1) is 9.06. The molecule has 1 N–H and O–H groups in total. The van der Waals surface area contributed by atoms with Crippen molar-refractivity contribution in [2.75, 3.05) is 18.6 Å². The molecular weight excluding hydrogens is 246 g/mol. The Labute approximate surface area is 110 Å². The van der Waals surface area contributed by atoms with Crippen LogP contribution >= 0.6 is 0 Å². The van der Waals surface area contributed by atoms with Crippen LogP contribution in [0.25, 0.3) is 10.9 Å². The maximum absolute atomic E-state index is 11.0. The van der Waals surface area contributed by atoms with E-state index in [9.17, 15) is 15.2 Å². The second-order valence-corrected chi connectivity index (χ2v) is 4.40. The van der Waals surface area contributed by atoms with Gasteiger partial charge in [0, 0.05) is 36.4 Å². The van der Waals surface area contributed by atoms with Crippen LogP contribution < -0.4 is 4.90 Å². The summed E-state index contributed by atoms with van der Waals surface area (Å²) in [5.41, 5.74) is 1.17. The van der Waals surface area contributed by atoms with Gasteiger partial charge in [0.15, 0.2) is 0 Å². The van der Waals surface area contributed by atoms with Crippen molar-refractivity contribution in [1.29, 1.82) is 0 Å². The highest BCUT2D eigenvalue weighted by Gasteiger charge is 2.18. The number of hydrogen-bond acceptors (Lipinski definition) is 5. The number of nitro groups is 1. The Balaban J connectivity index is 2.65. The van der Waals surface area contributed by atoms with Crippen molar-refractivity contribution in [2.24, 2.45) is 0 Å². The van der Waals surface area contributed by atoms with E-state index in [1.807, 2.05) is 18.9 Å². The summed E-state index contributed by atoms with van der Waals surface area (Å²) < 4.78 is 0. The number of fused-ring (bicyclic) bond motifs is 1. The molecule has 0 aliphatic carbocycles. The van der Waals surface area contributed by atoms with Crippen molar-refractivity contribution in [3.63, 3.8) is 0 Å². The Morgan fingerprint density at radius 3 is 2.84 bits per heavy atom.